The van der Waals surface area contributed by atoms with E-state index in [0.29, 0.717) is 43.3 Å². The minimum Gasteiger partial charge on any atom is -0.346 e. The highest BCUT2D eigenvalue weighted by Gasteiger charge is 2.22. The van der Waals surface area contributed by atoms with E-state index < -0.39 is 0 Å². The summed E-state index contributed by atoms with van der Waals surface area (Å²) in [7, 11) is 0. The number of amides is 2. The summed E-state index contributed by atoms with van der Waals surface area (Å²) in [5.74, 6) is -0.818. The highest BCUT2D eigenvalue weighted by atomic mass is 35.5. The highest BCUT2D eigenvalue weighted by molar-refractivity contribution is 6.31. The van der Waals surface area contributed by atoms with Gasteiger partial charge in [-0.3, -0.25) is 14.5 Å². The van der Waals surface area contributed by atoms with Crippen molar-refractivity contribution in [3.8, 4) is 0 Å². The molecule has 0 aromatic heterocycles. The SMILES string of the molecule is NCC(=O)NCC(=O)N1CCN(Cc2c(F)cccc2Cl)CC1. The number of halogens is 2. The maximum atomic E-state index is 13.8. The minimum atomic E-state index is -0.355. The van der Waals surface area contributed by atoms with Crippen LogP contribution in [0.25, 0.3) is 0 Å². The van der Waals surface area contributed by atoms with Crippen LogP contribution in [-0.4, -0.2) is 60.9 Å². The molecule has 1 aliphatic rings. The number of hydrogen-bond donors (Lipinski definition) is 2. The van der Waals surface area contributed by atoms with E-state index in [0.717, 1.165) is 0 Å². The molecule has 0 aliphatic carbocycles. The lowest BCUT2D eigenvalue weighted by Gasteiger charge is -2.35. The third-order valence-corrected chi connectivity index (χ3v) is 4.14. The van der Waals surface area contributed by atoms with Crippen molar-refractivity contribution in [1.29, 1.82) is 0 Å². The predicted octanol–water partition coefficient (Wildman–Crippen LogP) is 0.198. The summed E-state index contributed by atoms with van der Waals surface area (Å²) in [6.45, 7) is 2.55. The molecule has 1 aromatic rings. The second-order valence-corrected chi connectivity index (χ2v) is 5.75. The van der Waals surface area contributed by atoms with Crippen molar-refractivity contribution in [2.75, 3.05) is 39.3 Å². The molecule has 0 radical (unpaired) electrons. The molecule has 1 saturated heterocycles. The van der Waals surface area contributed by atoms with Crippen LogP contribution in [0.15, 0.2) is 18.2 Å². The molecule has 8 heteroatoms. The summed E-state index contributed by atoms with van der Waals surface area (Å²) in [5.41, 5.74) is 5.64. The van der Waals surface area contributed by atoms with Crippen molar-refractivity contribution in [2.45, 2.75) is 6.54 Å². The largest absolute Gasteiger partial charge is 0.346 e. The number of benzene rings is 1. The fraction of sp³-hybridized carbons (Fsp3) is 0.467. The monoisotopic (exact) mass is 342 g/mol. The predicted molar refractivity (Wildman–Crippen MR) is 85.3 cm³/mol. The van der Waals surface area contributed by atoms with Crippen LogP contribution in [0.3, 0.4) is 0 Å². The van der Waals surface area contributed by atoms with Gasteiger partial charge in [0.1, 0.15) is 5.82 Å². The first-order valence-electron chi connectivity index (χ1n) is 7.41. The van der Waals surface area contributed by atoms with Crippen molar-refractivity contribution in [3.05, 3.63) is 34.6 Å². The minimum absolute atomic E-state index is 0.0465. The molecular formula is C15H20ClFN4O2. The van der Waals surface area contributed by atoms with Crippen LogP contribution < -0.4 is 11.1 Å². The van der Waals surface area contributed by atoms with E-state index >= 15 is 0 Å². The Kier molecular flexibility index (Phi) is 6.32. The first-order valence-corrected chi connectivity index (χ1v) is 7.79. The molecule has 23 heavy (non-hydrogen) atoms. The molecule has 0 atom stereocenters. The van der Waals surface area contributed by atoms with Gasteiger partial charge in [-0.15, -0.1) is 0 Å². The molecule has 0 saturated carbocycles. The summed E-state index contributed by atoms with van der Waals surface area (Å²) in [5, 5.41) is 2.87. The van der Waals surface area contributed by atoms with Gasteiger partial charge in [-0.05, 0) is 12.1 Å². The molecule has 0 unspecified atom stereocenters. The van der Waals surface area contributed by atoms with E-state index in [1.54, 1.807) is 17.0 Å². The maximum Gasteiger partial charge on any atom is 0.242 e. The summed E-state index contributed by atoms with van der Waals surface area (Å²) >= 11 is 6.03. The lowest BCUT2D eigenvalue weighted by Crippen LogP contribution is -2.51. The van der Waals surface area contributed by atoms with Gasteiger partial charge in [0.2, 0.25) is 11.8 Å². The molecule has 3 N–H and O–H groups in total. The molecule has 1 fully saturated rings. The number of nitrogens with zero attached hydrogens (tertiary/aromatic N) is 2. The first kappa shape index (κ1) is 17.7. The van der Waals surface area contributed by atoms with Crippen molar-refractivity contribution in [3.63, 3.8) is 0 Å². The van der Waals surface area contributed by atoms with Crippen LogP contribution in [0, 0.1) is 5.82 Å². The van der Waals surface area contributed by atoms with Gasteiger partial charge in [-0.2, -0.15) is 0 Å². The summed E-state index contributed by atoms with van der Waals surface area (Å²) in [6, 6.07) is 4.63. The smallest absolute Gasteiger partial charge is 0.242 e. The molecule has 2 rings (SSSR count). The Morgan fingerprint density at radius 2 is 1.96 bits per heavy atom. The van der Waals surface area contributed by atoms with Gasteiger partial charge in [-0.25, -0.2) is 4.39 Å². The lowest BCUT2D eigenvalue weighted by atomic mass is 10.2. The van der Waals surface area contributed by atoms with Crippen LogP contribution in [0.1, 0.15) is 5.56 Å². The Morgan fingerprint density at radius 1 is 1.26 bits per heavy atom. The molecule has 2 amide bonds. The highest BCUT2D eigenvalue weighted by Crippen LogP contribution is 2.21. The average molecular weight is 343 g/mol. The van der Waals surface area contributed by atoms with Gasteiger partial charge in [0, 0.05) is 43.3 Å². The number of hydrogen-bond acceptors (Lipinski definition) is 4. The molecule has 6 nitrogen and oxygen atoms in total. The van der Waals surface area contributed by atoms with E-state index in [1.165, 1.54) is 6.07 Å². The Morgan fingerprint density at radius 3 is 2.57 bits per heavy atom. The molecular weight excluding hydrogens is 323 g/mol. The van der Waals surface area contributed by atoms with Crippen LogP contribution >= 0.6 is 11.6 Å². The zero-order valence-electron chi connectivity index (χ0n) is 12.7. The zero-order chi connectivity index (χ0) is 16.8. The number of carbonyl (C=O) groups is 2. The van der Waals surface area contributed by atoms with Gasteiger partial charge in [0.05, 0.1) is 13.1 Å². The van der Waals surface area contributed by atoms with Crippen LogP contribution in [-0.2, 0) is 16.1 Å². The summed E-state index contributed by atoms with van der Waals surface area (Å²) < 4.78 is 13.8. The van der Waals surface area contributed by atoms with Gasteiger partial charge in [0.15, 0.2) is 0 Å². The summed E-state index contributed by atoms with van der Waals surface area (Å²) in [4.78, 5) is 26.7. The van der Waals surface area contributed by atoms with Crippen molar-refractivity contribution in [2.24, 2.45) is 5.73 Å². The Labute approximate surface area is 139 Å². The standard InChI is InChI=1S/C15H20ClFN4O2/c16-12-2-1-3-13(17)11(12)10-20-4-6-21(7-5-20)15(23)9-19-14(22)8-18/h1-3H,4-10,18H2,(H,19,22). The number of carbonyl (C=O) groups excluding carboxylic acids is 2. The Hall–Kier alpha value is -1.70. The fourth-order valence-electron chi connectivity index (χ4n) is 2.42. The maximum absolute atomic E-state index is 13.8. The molecule has 0 spiro atoms. The van der Waals surface area contributed by atoms with Crippen LogP contribution in [0.2, 0.25) is 5.02 Å². The van der Waals surface area contributed by atoms with Gasteiger partial charge >= 0.3 is 0 Å². The van der Waals surface area contributed by atoms with Gasteiger partial charge in [-0.1, -0.05) is 17.7 Å². The zero-order valence-corrected chi connectivity index (χ0v) is 13.5. The third-order valence-electron chi connectivity index (χ3n) is 3.79. The Bertz CT molecular complexity index is 556. The van der Waals surface area contributed by atoms with E-state index in [4.69, 9.17) is 17.3 Å². The van der Waals surface area contributed by atoms with E-state index in [1.807, 2.05) is 4.90 Å². The fourth-order valence-corrected chi connectivity index (χ4v) is 2.64. The lowest BCUT2D eigenvalue weighted by molar-refractivity contribution is -0.134. The van der Waals surface area contributed by atoms with E-state index in [9.17, 15) is 14.0 Å². The number of nitrogens with one attached hydrogen (secondary N) is 1. The van der Waals surface area contributed by atoms with Crippen molar-refractivity contribution >= 4 is 23.4 Å². The van der Waals surface area contributed by atoms with E-state index in [2.05, 4.69) is 5.32 Å². The molecule has 1 aromatic carbocycles. The molecule has 0 bridgehead atoms. The average Bonchev–Trinajstić information content (AvgIpc) is 2.56. The third kappa shape index (κ3) is 4.89. The van der Waals surface area contributed by atoms with Crippen LogP contribution in [0.5, 0.6) is 0 Å². The number of piperazine rings is 1. The molecule has 1 heterocycles. The molecule has 1 aliphatic heterocycles. The second kappa shape index (κ2) is 8.24. The summed E-state index contributed by atoms with van der Waals surface area (Å²) in [6.07, 6.45) is 0. The van der Waals surface area contributed by atoms with Crippen molar-refractivity contribution < 1.29 is 14.0 Å². The normalized spacial score (nSPS) is 15.5. The van der Waals surface area contributed by atoms with Crippen LogP contribution in [0.4, 0.5) is 4.39 Å². The van der Waals surface area contributed by atoms with Crippen molar-refractivity contribution in [1.82, 2.24) is 15.1 Å². The quantitative estimate of drug-likeness (QED) is 0.801. The second-order valence-electron chi connectivity index (χ2n) is 5.34. The molecule has 126 valence electrons. The van der Waals surface area contributed by atoms with E-state index in [-0.39, 0.29) is 30.7 Å². The van der Waals surface area contributed by atoms with Gasteiger partial charge in [0.25, 0.3) is 0 Å². The Balaban J connectivity index is 1.82. The first-order chi connectivity index (χ1) is 11.0. The number of rotatable bonds is 5. The topological polar surface area (TPSA) is 78.7 Å². The number of nitrogens with two attached hydrogens (primary N) is 1. The van der Waals surface area contributed by atoms with Gasteiger partial charge < -0.3 is 16.0 Å².